The molecule has 136 valence electrons. The lowest BCUT2D eigenvalue weighted by atomic mass is 9.90. The van der Waals surface area contributed by atoms with Gasteiger partial charge < -0.3 is 19.7 Å². The third-order valence-electron chi connectivity index (χ3n) is 5.73. The molecule has 0 spiro atoms. The molecular weight excluding hydrogens is 318 g/mol. The fraction of sp³-hybridized carbons (Fsp3) is 0.684. The molecule has 2 saturated heterocycles. The number of hydrogen-bond acceptors (Lipinski definition) is 4. The lowest BCUT2D eigenvalue weighted by Crippen LogP contribution is -2.49. The van der Waals surface area contributed by atoms with Crippen LogP contribution in [0.5, 0.6) is 0 Å². The number of urea groups is 1. The molecule has 0 radical (unpaired) electrons. The third kappa shape index (κ3) is 3.51. The summed E-state index contributed by atoms with van der Waals surface area (Å²) < 4.78 is 11.6. The molecule has 1 atom stereocenters. The molecular formula is C19H27N3O3. The molecule has 2 amide bonds. The number of likely N-dealkylation sites (tertiary alicyclic amines) is 1. The third-order valence-corrected chi connectivity index (χ3v) is 5.73. The van der Waals surface area contributed by atoms with Gasteiger partial charge in [0.15, 0.2) is 5.79 Å². The summed E-state index contributed by atoms with van der Waals surface area (Å²) in [7, 11) is 0. The number of rotatable bonds is 2. The van der Waals surface area contributed by atoms with E-state index in [0.717, 1.165) is 37.9 Å². The second kappa shape index (κ2) is 6.92. The maximum Gasteiger partial charge on any atom is 0.321 e. The van der Waals surface area contributed by atoms with Crippen molar-refractivity contribution in [1.29, 1.82) is 0 Å². The Balaban J connectivity index is 1.40. The first-order chi connectivity index (χ1) is 12.1. The number of amides is 2. The fourth-order valence-electron chi connectivity index (χ4n) is 4.21. The van der Waals surface area contributed by atoms with Crippen LogP contribution in [0.2, 0.25) is 0 Å². The van der Waals surface area contributed by atoms with Crippen molar-refractivity contribution < 1.29 is 14.3 Å². The summed E-state index contributed by atoms with van der Waals surface area (Å²) in [5, 5.41) is 3.03. The number of aryl methyl sites for hydroxylation is 2. The second-order valence-electron chi connectivity index (χ2n) is 7.47. The summed E-state index contributed by atoms with van der Waals surface area (Å²) in [6.45, 7) is 4.72. The number of pyridine rings is 1. The van der Waals surface area contributed by atoms with Crippen molar-refractivity contribution in [2.75, 3.05) is 31.6 Å². The maximum absolute atomic E-state index is 12.7. The zero-order valence-corrected chi connectivity index (χ0v) is 14.9. The molecule has 1 N–H and O–H groups in total. The number of fused-ring (bicyclic) bond motifs is 1. The van der Waals surface area contributed by atoms with Crippen LogP contribution in [0.15, 0.2) is 12.3 Å². The standard InChI is InChI=1S/C19H27N3O3/c1-19(24-9-10-25-19)15-6-4-8-22(13-15)18(23)21-16-11-14-5-2-3-7-17(14)20-12-16/h11-12,15H,2-10,13H2,1H3,(H,21,23)/t15-/m0/s1. The van der Waals surface area contributed by atoms with Crippen LogP contribution in [0.25, 0.3) is 0 Å². The van der Waals surface area contributed by atoms with Crippen molar-refractivity contribution in [3.05, 3.63) is 23.5 Å². The van der Waals surface area contributed by atoms with Crippen molar-refractivity contribution >= 4 is 11.7 Å². The Hall–Kier alpha value is -1.66. The summed E-state index contributed by atoms with van der Waals surface area (Å²) >= 11 is 0. The van der Waals surface area contributed by atoms with E-state index in [1.807, 2.05) is 11.8 Å². The fourth-order valence-corrected chi connectivity index (χ4v) is 4.21. The molecule has 0 saturated carbocycles. The molecule has 3 aliphatic rings. The summed E-state index contributed by atoms with van der Waals surface area (Å²) in [5.74, 6) is -0.331. The molecule has 2 fully saturated rings. The quantitative estimate of drug-likeness (QED) is 0.895. The number of anilines is 1. The summed E-state index contributed by atoms with van der Waals surface area (Å²) in [6, 6.07) is 2.04. The summed E-state index contributed by atoms with van der Waals surface area (Å²) in [6.07, 6.45) is 8.32. The Morgan fingerprint density at radius 1 is 1.28 bits per heavy atom. The molecule has 4 rings (SSSR count). The van der Waals surface area contributed by atoms with E-state index in [1.165, 1.54) is 24.1 Å². The van der Waals surface area contributed by atoms with E-state index in [2.05, 4.69) is 16.4 Å². The van der Waals surface area contributed by atoms with E-state index >= 15 is 0 Å². The average molecular weight is 345 g/mol. The first-order valence-corrected chi connectivity index (χ1v) is 9.46. The van der Waals surface area contributed by atoms with Crippen LogP contribution < -0.4 is 5.32 Å². The number of aromatic nitrogens is 1. The largest absolute Gasteiger partial charge is 0.347 e. The average Bonchev–Trinajstić information content (AvgIpc) is 3.10. The van der Waals surface area contributed by atoms with Gasteiger partial charge in [-0.15, -0.1) is 0 Å². The first-order valence-electron chi connectivity index (χ1n) is 9.46. The van der Waals surface area contributed by atoms with Gasteiger partial charge in [0, 0.05) is 24.7 Å². The van der Waals surface area contributed by atoms with E-state index in [-0.39, 0.29) is 11.9 Å². The van der Waals surface area contributed by atoms with Crippen LogP contribution in [0.1, 0.15) is 43.9 Å². The van der Waals surface area contributed by atoms with Crippen molar-refractivity contribution in [2.24, 2.45) is 5.92 Å². The predicted molar refractivity (Wildman–Crippen MR) is 94.5 cm³/mol. The van der Waals surface area contributed by atoms with Gasteiger partial charge in [0.05, 0.1) is 25.1 Å². The second-order valence-corrected chi connectivity index (χ2v) is 7.47. The van der Waals surface area contributed by atoms with Gasteiger partial charge in [-0.2, -0.15) is 0 Å². The molecule has 0 bridgehead atoms. The number of ether oxygens (including phenoxy) is 2. The van der Waals surface area contributed by atoms with Gasteiger partial charge in [0.25, 0.3) is 0 Å². The van der Waals surface area contributed by atoms with Crippen LogP contribution in [0.4, 0.5) is 10.5 Å². The van der Waals surface area contributed by atoms with E-state index in [9.17, 15) is 4.79 Å². The van der Waals surface area contributed by atoms with Crippen molar-refractivity contribution in [1.82, 2.24) is 9.88 Å². The Bertz CT molecular complexity index is 643. The highest BCUT2D eigenvalue weighted by molar-refractivity contribution is 5.89. The smallest absolute Gasteiger partial charge is 0.321 e. The molecule has 1 aliphatic carbocycles. The van der Waals surface area contributed by atoms with E-state index < -0.39 is 5.79 Å². The van der Waals surface area contributed by atoms with E-state index in [0.29, 0.717) is 19.8 Å². The Morgan fingerprint density at radius 3 is 2.92 bits per heavy atom. The van der Waals surface area contributed by atoms with Gasteiger partial charge in [0.2, 0.25) is 0 Å². The number of carbonyl (C=O) groups excluding carboxylic acids is 1. The van der Waals surface area contributed by atoms with Crippen LogP contribution in [0.3, 0.4) is 0 Å². The lowest BCUT2D eigenvalue weighted by Gasteiger charge is -2.39. The Kier molecular flexibility index (Phi) is 4.65. The highest BCUT2D eigenvalue weighted by atomic mass is 16.7. The number of hydrogen-bond donors (Lipinski definition) is 1. The Morgan fingerprint density at radius 2 is 2.08 bits per heavy atom. The van der Waals surface area contributed by atoms with Crippen LogP contribution in [-0.4, -0.2) is 48.0 Å². The number of carbonyl (C=O) groups is 1. The SMILES string of the molecule is CC1([C@H]2CCCN(C(=O)Nc3cnc4c(c3)CCCC4)C2)OCCO1. The van der Waals surface area contributed by atoms with Gasteiger partial charge in [0.1, 0.15) is 0 Å². The monoisotopic (exact) mass is 345 g/mol. The number of nitrogens with one attached hydrogen (secondary N) is 1. The first kappa shape index (κ1) is 16.8. The molecule has 6 heteroatoms. The highest BCUT2D eigenvalue weighted by Crippen LogP contribution is 2.34. The van der Waals surface area contributed by atoms with Gasteiger partial charge in [-0.1, -0.05) is 0 Å². The Labute approximate surface area is 148 Å². The molecule has 3 heterocycles. The maximum atomic E-state index is 12.7. The minimum absolute atomic E-state index is 0.0520. The minimum atomic E-state index is -0.549. The van der Waals surface area contributed by atoms with Gasteiger partial charge in [-0.25, -0.2) is 4.79 Å². The van der Waals surface area contributed by atoms with Gasteiger partial charge in [-0.05, 0) is 57.1 Å². The van der Waals surface area contributed by atoms with Crippen LogP contribution in [0, 0.1) is 5.92 Å². The molecule has 0 aromatic carbocycles. The predicted octanol–water partition coefficient (Wildman–Crippen LogP) is 2.97. The molecule has 6 nitrogen and oxygen atoms in total. The molecule has 25 heavy (non-hydrogen) atoms. The number of piperidine rings is 1. The summed E-state index contributed by atoms with van der Waals surface area (Å²) in [4.78, 5) is 19.1. The molecule has 0 unspecified atom stereocenters. The topological polar surface area (TPSA) is 63.7 Å². The summed E-state index contributed by atoms with van der Waals surface area (Å²) in [5.41, 5.74) is 3.26. The molecule has 1 aromatic rings. The zero-order valence-electron chi connectivity index (χ0n) is 14.9. The van der Waals surface area contributed by atoms with Gasteiger partial charge in [-0.3, -0.25) is 4.98 Å². The van der Waals surface area contributed by atoms with Crippen molar-refractivity contribution in [3.63, 3.8) is 0 Å². The normalized spacial score (nSPS) is 25.5. The van der Waals surface area contributed by atoms with E-state index in [1.54, 1.807) is 6.20 Å². The van der Waals surface area contributed by atoms with Crippen molar-refractivity contribution in [2.45, 2.75) is 51.2 Å². The van der Waals surface area contributed by atoms with Crippen LogP contribution >= 0.6 is 0 Å². The van der Waals surface area contributed by atoms with Crippen LogP contribution in [-0.2, 0) is 22.3 Å². The van der Waals surface area contributed by atoms with Crippen molar-refractivity contribution in [3.8, 4) is 0 Å². The van der Waals surface area contributed by atoms with Gasteiger partial charge >= 0.3 is 6.03 Å². The lowest BCUT2D eigenvalue weighted by molar-refractivity contribution is -0.189. The zero-order chi connectivity index (χ0) is 17.3. The van der Waals surface area contributed by atoms with E-state index in [4.69, 9.17) is 9.47 Å². The molecule has 1 aromatic heterocycles. The number of nitrogens with zero attached hydrogens (tertiary/aromatic N) is 2. The minimum Gasteiger partial charge on any atom is -0.347 e. The highest BCUT2D eigenvalue weighted by Gasteiger charge is 2.42. The molecule has 2 aliphatic heterocycles.